The third kappa shape index (κ3) is 2.38. The lowest BCUT2D eigenvalue weighted by Gasteiger charge is -2.29. The highest BCUT2D eigenvalue weighted by atomic mass is 19.4. The Hall–Kier alpha value is -2.03. The molecule has 0 saturated carbocycles. The first-order valence-electron chi connectivity index (χ1n) is 4.49. The van der Waals surface area contributed by atoms with Gasteiger partial charge >= 0.3 is 17.7 Å². The lowest BCUT2D eigenvalue weighted by molar-refractivity contribution is -0.253. The number of rotatable bonds is 2. The van der Waals surface area contributed by atoms with Gasteiger partial charge in [-0.25, -0.2) is 0 Å². The van der Waals surface area contributed by atoms with Crippen LogP contribution in [-0.2, 0) is 15.1 Å². The Morgan fingerprint density at radius 3 is 2.47 bits per heavy atom. The van der Waals surface area contributed by atoms with Crippen LogP contribution in [0.2, 0.25) is 0 Å². The maximum atomic E-state index is 13.0. The molecule has 0 aliphatic rings. The van der Waals surface area contributed by atoms with Gasteiger partial charge in [0, 0.05) is 13.1 Å². The molecule has 1 aromatic heterocycles. The van der Waals surface area contributed by atoms with Gasteiger partial charge in [0.1, 0.15) is 5.69 Å². The minimum Gasteiger partial charge on any atom is -0.430 e. The molecule has 6 heteroatoms. The van der Waals surface area contributed by atoms with Crippen molar-refractivity contribution in [2.45, 2.75) is 18.7 Å². The zero-order chi connectivity index (χ0) is 13.1. The number of ether oxygens (including phenoxy) is 1. The number of carbonyl (C=O) groups excluding carboxylic acids is 1. The molecule has 0 spiro atoms. The van der Waals surface area contributed by atoms with Crippen molar-refractivity contribution in [2.75, 3.05) is 0 Å². The average molecular weight is 243 g/mol. The molecule has 0 aromatic carbocycles. The molecule has 1 aromatic rings. The monoisotopic (exact) mass is 243 g/mol. The third-order valence-corrected chi connectivity index (χ3v) is 1.92. The molecule has 0 radical (unpaired) electrons. The van der Waals surface area contributed by atoms with E-state index in [1.165, 1.54) is 18.1 Å². The highest BCUT2D eigenvalue weighted by molar-refractivity contribution is 5.67. The van der Waals surface area contributed by atoms with E-state index in [2.05, 4.69) is 9.72 Å². The molecule has 1 rings (SSSR count). The Balaban J connectivity index is 3.38. The fourth-order valence-electron chi connectivity index (χ4n) is 1.23. The number of hydrogen-bond acceptors (Lipinski definition) is 3. The summed E-state index contributed by atoms with van der Waals surface area (Å²) >= 11 is 0. The second-order valence-electron chi connectivity index (χ2n) is 3.13. The second kappa shape index (κ2) is 4.45. The van der Waals surface area contributed by atoms with Crippen LogP contribution < -0.4 is 0 Å². The highest BCUT2D eigenvalue weighted by Gasteiger charge is 2.59. The SMILES string of the molecule is C#CC(OC(C)=O)(c1ccccn1)C(F)(F)F. The largest absolute Gasteiger partial charge is 0.446 e. The number of alkyl halides is 3. The van der Waals surface area contributed by atoms with Crippen molar-refractivity contribution in [3.8, 4) is 12.3 Å². The molecule has 0 fully saturated rings. The zero-order valence-electron chi connectivity index (χ0n) is 8.78. The van der Waals surface area contributed by atoms with Crippen molar-refractivity contribution >= 4 is 5.97 Å². The number of terminal acetylenes is 1. The summed E-state index contributed by atoms with van der Waals surface area (Å²) in [5, 5.41) is 0. The molecule has 0 amide bonds. The molecule has 1 atom stereocenters. The van der Waals surface area contributed by atoms with Crippen molar-refractivity contribution in [1.82, 2.24) is 4.98 Å². The van der Waals surface area contributed by atoms with Crippen molar-refractivity contribution in [3.63, 3.8) is 0 Å². The molecule has 90 valence electrons. The predicted octanol–water partition coefficient (Wildman–Crippen LogP) is 2.04. The van der Waals surface area contributed by atoms with Gasteiger partial charge in [0.25, 0.3) is 0 Å². The van der Waals surface area contributed by atoms with Gasteiger partial charge in [-0.3, -0.25) is 9.78 Å². The standard InChI is InChI=1S/C11H8F3NO2/c1-3-10(11(12,13)14,17-8(2)16)9-6-4-5-7-15-9/h1,4-7H,2H3. The van der Waals surface area contributed by atoms with Gasteiger partial charge < -0.3 is 4.74 Å². The van der Waals surface area contributed by atoms with Crippen molar-refractivity contribution in [3.05, 3.63) is 30.1 Å². The number of aromatic nitrogens is 1. The molecule has 1 unspecified atom stereocenters. The van der Waals surface area contributed by atoms with Crippen LogP contribution in [0.4, 0.5) is 13.2 Å². The van der Waals surface area contributed by atoms with Crippen LogP contribution in [0.25, 0.3) is 0 Å². The molecule has 17 heavy (non-hydrogen) atoms. The van der Waals surface area contributed by atoms with Gasteiger partial charge in [0.2, 0.25) is 0 Å². The molecular weight excluding hydrogens is 235 g/mol. The number of halogens is 3. The summed E-state index contributed by atoms with van der Waals surface area (Å²) < 4.78 is 43.2. The molecule has 0 saturated heterocycles. The fourth-order valence-corrected chi connectivity index (χ4v) is 1.23. The quantitative estimate of drug-likeness (QED) is 0.589. The van der Waals surface area contributed by atoms with Crippen LogP contribution in [0.1, 0.15) is 12.6 Å². The summed E-state index contributed by atoms with van der Waals surface area (Å²) in [5.41, 5.74) is -3.69. The van der Waals surface area contributed by atoms with Crippen LogP contribution in [0.3, 0.4) is 0 Å². The van der Waals surface area contributed by atoms with E-state index in [9.17, 15) is 18.0 Å². The number of carbonyl (C=O) groups is 1. The zero-order valence-corrected chi connectivity index (χ0v) is 8.78. The van der Waals surface area contributed by atoms with Crippen molar-refractivity contribution < 1.29 is 22.7 Å². The molecule has 0 aliphatic heterocycles. The molecule has 0 bridgehead atoms. The summed E-state index contributed by atoms with van der Waals surface area (Å²) in [7, 11) is 0. The van der Waals surface area contributed by atoms with E-state index in [0.717, 1.165) is 19.2 Å². The average Bonchev–Trinajstić information content (AvgIpc) is 2.25. The predicted molar refractivity (Wildman–Crippen MR) is 52.6 cm³/mol. The van der Waals surface area contributed by atoms with E-state index in [1.807, 2.05) is 0 Å². The molecule has 1 heterocycles. The summed E-state index contributed by atoms with van der Waals surface area (Å²) in [6.07, 6.45) is 1.08. The van der Waals surface area contributed by atoms with Gasteiger partial charge in [0.15, 0.2) is 0 Å². The van der Waals surface area contributed by atoms with Crippen molar-refractivity contribution in [1.29, 1.82) is 0 Å². The highest BCUT2D eigenvalue weighted by Crippen LogP contribution is 2.40. The summed E-state index contributed by atoms with van der Waals surface area (Å²) in [4.78, 5) is 14.3. The fraction of sp³-hybridized carbons (Fsp3) is 0.273. The van der Waals surface area contributed by atoms with E-state index in [0.29, 0.717) is 0 Å². The van der Waals surface area contributed by atoms with E-state index >= 15 is 0 Å². The van der Waals surface area contributed by atoms with E-state index in [4.69, 9.17) is 6.42 Å². The summed E-state index contributed by atoms with van der Waals surface area (Å²) in [5.74, 6) is 0.339. The topological polar surface area (TPSA) is 39.2 Å². The summed E-state index contributed by atoms with van der Waals surface area (Å²) in [6.45, 7) is 0.848. The Morgan fingerprint density at radius 2 is 2.12 bits per heavy atom. The van der Waals surface area contributed by atoms with Gasteiger partial charge in [0.05, 0.1) is 0 Å². The van der Waals surface area contributed by atoms with E-state index in [1.54, 1.807) is 0 Å². The first-order chi connectivity index (χ1) is 7.83. The van der Waals surface area contributed by atoms with Crippen LogP contribution in [0.15, 0.2) is 24.4 Å². The Morgan fingerprint density at radius 1 is 1.47 bits per heavy atom. The number of pyridine rings is 1. The van der Waals surface area contributed by atoms with Crippen LogP contribution >= 0.6 is 0 Å². The third-order valence-electron chi connectivity index (χ3n) is 1.92. The second-order valence-corrected chi connectivity index (χ2v) is 3.13. The van der Waals surface area contributed by atoms with Gasteiger partial charge in [-0.05, 0) is 18.1 Å². The van der Waals surface area contributed by atoms with Crippen LogP contribution in [0.5, 0.6) is 0 Å². The minimum atomic E-state index is -4.94. The smallest absolute Gasteiger partial charge is 0.430 e. The first kappa shape index (κ1) is 13.0. The number of hydrogen-bond donors (Lipinski definition) is 0. The molecule has 0 N–H and O–H groups in total. The maximum Gasteiger partial charge on any atom is 0.446 e. The van der Waals surface area contributed by atoms with E-state index in [-0.39, 0.29) is 0 Å². The van der Waals surface area contributed by atoms with Gasteiger partial charge in [-0.2, -0.15) is 13.2 Å². The van der Waals surface area contributed by atoms with Crippen LogP contribution in [-0.4, -0.2) is 17.1 Å². The first-order valence-corrected chi connectivity index (χ1v) is 4.49. The normalized spacial score (nSPS) is 14.5. The molecule has 0 aliphatic carbocycles. The molecule has 3 nitrogen and oxygen atoms in total. The number of esters is 1. The maximum absolute atomic E-state index is 13.0. The molecular formula is C11H8F3NO2. The Bertz CT molecular complexity index is 450. The minimum absolute atomic E-state index is 0.551. The Labute approximate surface area is 95.6 Å². The van der Waals surface area contributed by atoms with Crippen LogP contribution in [0, 0.1) is 12.3 Å². The summed E-state index contributed by atoms with van der Waals surface area (Å²) in [6, 6.07) is 3.80. The van der Waals surface area contributed by atoms with Crippen molar-refractivity contribution in [2.24, 2.45) is 0 Å². The van der Waals surface area contributed by atoms with Gasteiger partial charge in [-0.15, -0.1) is 6.42 Å². The Kier molecular flexibility index (Phi) is 3.42. The van der Waals surface area contributed by atoms with E-state index < -0.39 is 23.4 Å². The lowest BCUT2D eigenvalue weighted by atomic mass is 9.99. The number of nitrogens with zero attached hydrogens (tertiary/aromatic N) is 1. The lowest BCUT2D eigenvalue weighted by Crippen LogP contribution is -2.45. The van der Waals surface area contributed by atoms with Gasteiger partial charge in [-0.1, -0.05) is 6.07 Å².